The Balaban J connectivity index is 3.07. The van der Waals surface area contributed by atoms with Gasteiger partial charge in [0.05, 0.1) is 0 Å². The summed E-state index contributed by atoms with van der Waals surface area (Å²) in [5.41, 5.74) is 2.32. The lowest BCUT2D eigenvalue weighted by atomic mass is 10.0. The second-order valence-electron chi connectivity index (χ2n) is 5.57. The molecule has 0 spiro atoms. The van der Waals surface area contributed by atoms with Crippen LogP contribution < -0.4 is 5.56 Å². The molecule has 0 aliphatic rings. The van der Waals surface area contributed by atoms with Crippen molar-refractivity contribution in [3.8, 4) is 0 Å². The number of aromatic nitrogens is 2. The minimum Gasteiger partial charge on any atom is -0.299 e. The third-order valence-corrected chi connectivity index (χ3v) is 2.99. The van der Waals surface area contributed by atoms with Crippen molar-refractivity contribution in [1.82, 2.24) is 9.78 Å². The van der Waals surface area contributed by atoms with Crippen molar-refractivity contribution in [1.29, 1.82) is 0 Å². The minimum atomic E-state index is 0.191. The number of rotatable bonds is 6. The van der Waals surface area contributed by atoms with Crippen molar-refractivity contribution in [3.05, 3.63) is 21.6 Å². The van der Waals surface area contributed by atoms with E-state index in [1.54, 1.807) is 4.68 Å². The Labute approximate surface area is 104 Å². The number of unbranched alkanes of at least 4 members (excludes halogenated alkanes) is 1. The van der Waals surface area contributed by atoms with Gasteiger partial charge in [0.1, 0.15) is 0 Å². The predicted octanol–water partition coefficient (Wildman–Crippen LogP) is 3.30. The molecule has 1 rings (SSSR count). The van der Waals surface area contributed by atoms with E-state index in [4.69, 9.17) is 0 Å². The molecule has 1 heterocycles. The lowest BCUT2D eigenvalue weighted by molar-refractivity contribution is 0.468. The van der Waals surface area contributed by atoms with Crippen LogP contribution in [0, 0.1) is 5.92 Å². The molecule has 0 aliphatic heterocycles. The molecule has 0 aliphatic carbocycles. The summed E-state index contributed by atoms with van der Waals surface area (Å²) in [6, 6.07) is 0. The van der Waals surface area contributed by atoms with Crippen molar-refractivity contribution in [2.75, 3.05) is 0 Å². The van der Waals surface area contributed by atoms with Gasteiger partial charge in [-0.3, -0.25) is 14.6 Å². The van der Waals surface area contributed by atoms with Gasteiger partial charge < -0.3 is 0 Å². The van der Waals surface area contributed by atoms with E-state index in [1.165, 1.54) is 0 Å². The average molecular weight is 238 g/mol. The maximum absolute atomic E-state index is 12.3. The third kappa shape index (κ3) is 3.48. The summed E-state index contributed by atoms with van der Waals surface area (Å²) >= 11 is 0. The Morgan fingerprint density at radius 2 is 1.88 bits per heavy atom. The van der Waals surface area contributed by atoms with E-state index >= 15 is 0 Å². The largest absolute Gasteiger partial charge is 0.299 e. The first-order chi connectivity index (χ1) is 7.97. The van der Waals surface area contributed by atoms with Crippen LogP contribution in [0.25, 0.3) is 0 Å². The van der Waals surface area contributed by atoms with Crippen molar-refractivity contribution < 1.29 is 0 Å². The van der Waals surface area contributed by atoms with Gasteiger partial charge in [-0.05, 0) is 24.7 Å². The van der Waals surface area contributed by atoms with Crippen molar-refractivity contribution >= 4 is 0 Å². The molecule has 0 radical (unpaired) electrons. The average Bonchev–Trinajstić information content (AvgIpc) is 2.53. The van der Waals surface area contributed by atoms with E-state index in [2.05, 4.69) is 39.7 Å². The summed E-state index contributed by atoms with van der Waals surface area (Å²) in [6.07, 6.45) is 3.13. The minimum absolute atomic E-state index is 0.191. The lowest BCUT2D eigenvalue weighted by Crippen LogP contribution is -2.21. The van der Waals surface area contributed by atoms with Crippen molar-refractivity contribution in [2.24, 2.45) is 5.92 Å². The number of nitrogens with one attached hydrogen (secondary N) is 1. The molecule has 0 unspecified atom stereocenters. The van der Waals surface area contributed by atoms with E-state index in [0.29, 0.717) is 11.8 Å². The normalized spacial score (nSPS) is 11.7. The fourth-order valence-corrected chi connectivity index (χ4v) is 2.11. The fourth-order valence-electron chi connectivity index (χ4n) is 2.11. The molecule has 1 N–H and O–H groups in total. The Kier molecular flexibility index (Phi) is 5.03. The third-order valence-electron chi connectivity index (χ3n) is 2.99. The fraction of sp³-hybridized carbons (Fsp3) is 0.786. The topological polar surface area (TPSA) is 37.8 Å². The van der Waals surface area contributed by atoms with Crippen LogP contribution in [0.15, 0.2) is 4.79 Å². The number of nitrogens with zero attached hydrogens (tertiary/aromatic N) is 1. The highest BCUT2D eigenvalue weighted by Crippen LogP contribution is 2.16. The van der Waals surface area contributed by atoms with Gasteiger partial charge in [-0.1, -0.05) is 41.0 Å². The maximum Gasteiger partial charge on any atom is 0.269 e. The van der Waals surface area contributed by atoms with Crippen LogP contribution in [-0.2, 0) is 13.0 Å². The second kappa shape index (κ2) is 6.08. The van der Waals surface area contributed by atoms with Gasteiger partial charge in [-0.2, -0.15) is 0 Å². The Bertz CT molecular complexity index is 399. The smallest absolute Gasteiger partial charge is 0.269 e. The van der Waals surface area contributed by atoms with Gasteiger partial charge in [-0.25, -0.2) is 0 Å². The first-order valence-corrected chi connectivity index (χ1v) is 6.78. The highest BCUT2D eigenvalue weighted by Gasteiger charge is 2.16. The summed E-state index contributed by atoms with van der Waals surface area (Å²) in [6.45, 7) is 11.5. The van der Waals surface area contributed by atoms with E-state index in [0.717, 1.165) is 37.1 Å². The van der Waals surface area contributed by atoms with Gasteiger partial charge in [-0.15, -0.1) is 0 Å². The summed E-state index contributed by atoms with van der Waals surface area (Å²) in [5.74, 6) is 0.883. The zero-order valence-corrected chi connectivity index (χ0v) is 11.8. The maximum atomic E-state index is 12.3. The molecule has 1 aromatic rings. The second-order valence-corrected chi connectivity index (χ2v) is 5.57. The molecule has 0 bridgehead atoms. The molecule has 0 amide bonds. The van der Waals surface area contributed by atoms with E-state index in [-0.39, 0.29) is 5.56 Å². The van der Waals surface area contributed by atoms with Crippen LogP contribution in [0.2, 0.25) is 0 Å². The monoisotopic (exact) mass is 238 g/mol. The number of hydrogen-bond acceptors (Lipinski definition) is 1. The number of aromatic amines is 1. The first-order valence-electron chi connectivity index (χ1n) is 6.78. The van der Waals surface area contributed by atoms with Crippen LogP contribution in [-0.4, -0.2) is 9.78 Å². The molecule has 3 heteroatoms. The quantitative estimate of drug-likeness (QED) is 0.811. The summed E-state index contributed by atoms with van der Waals surface area (Å²) < 4.78 is 1.78. The van der Waals surface area contributed by atoms with Crippen molar-refractivity contribution in [3.63, 3.8) is 0 Å². The molecule has 0 saturated carbocycles. The molecule has 0 atom stereocenters. The molecule has 0 fully saturated rings. The Morgan fingerprint density at radius 1 is 1.24 bits per heavy atom. The number of H-pyrrole nitrogens is 1. The zero-order valence-electron chi connectivity index (χ0n) is 11.8. The van der Waals surface area contributed by atoms with Gasteiger partial charge in [0.25, 0.3) is 5.56 Å². The molecule has 1 aromatic heterocycles. The van der Waals surface area contributed by atoms with Crippen LogP contribution in [0.3, 0.4) is 0 Å². The zero-order chi connectivity index (χ0) is 13.0. The van der Waals surface area contributed by atoms with Gasteiger partial charge in [0.15, 0.2) is 0 Å². The molecule has 0 saturated heterocycles. The lowest BCUT2D eigenvalue weighted by Gasteiger charge is -2.06. The Hall–Kier alpha value is -0.990. The van der Waals surface area contributed by atoms with Crippen LogP contribution >= 0.6 is 0 Å². The molecule has 0 aromatic carbocycles. The van der Waals surface area contributed by atoms with Gasteiger partial charge >= 0.3 is 0 Å². The molecule has 98 valence electrons. The predicted molar refractivity (Wildman–Crippen MR) is 72.6 cm³/mol. The summed E-state index contributed by atoms with van der Waals surface area (Å²) in [5, 5.41) is 3.29. The Morgan fingerprint density at radius 3 is 2.35 bits per heavy atom. The summed E-state index contributed by atoms with van der Waals surface area (Å²) in [4.78, 5) is 12.3. The highest BCUT2D eigenvalue weighted by atomic mass is 16.1. The molecular weight excluding hydrogens is 212 g/mol. The molecule has 3 nitrogen and oxygen atoms in total. The van der Waals surface area contributed by atoms with Crippen LogP contribution in [0.1, 0.15) is 64.6 Å². The van der Waals surface area contributed by atoms with Crippen molar-refractivity contribution in [2.45, 2.75) is 66.3 Å². The SMILES string of the molecule is CCCCc1c(C(C)C)[nH]n(CC(C)C)c1=O. The molecular formula is C14H26N2O. The summed E-state index contributed by atoms with van der Waals surface area (Å²) in [7, 11) is 0. The number of hydrogen-bond donors (Lipinski definition) is 1. The first kappa shape index (κ1) is 14.1. The molecule has 17 heavy (non-hydrogen) atoms. The standard InChI is InChI=1S/C14H26N2O/c1-6-7-8-12-13(11(4)5)15-16(14(12)17)9-10(2)3/h10-11,15H,6-9H2,1-5H3. The van der Waals surface area contributed by atoms with E-state index < -0.39 is 0 Å². The van der Waals surface area contributed by atoms with E-state index in [9.17, 15) is 4.79 Å². The van der Waals surface area contributed by atoms with Gasteiger partial charge in [0.2, 0.25) is 0 Å². The van der Waals surface area contributed by atoms with Gasteiger partial charge in [0, 0.05) is 17.8 Å². The van der Waals surface area contributed by atoms with Crippen LogP contribution in [0.4, 0.5) is 0 Å². The highest BCUT2D eigenvalue weighted by molar-refractivity contribution is 5.20. The van der Waals surface area contributed by atoms with Crippen LogP contribution in [0.5, 0.6) is 0 Å². The van der Waals surface area contributed by atoms with E-state index in [1.807, 2.05) is 0 Å².